The molecule has 0 heterocycles. The lowest BCUT2D eigenvalue weighted by Crippen LogP contribution is -2.31. The lowest BCUT2D eigenvalue weighted by atomic mass is 10.2. The Balaban J connectivity index is 2.36. The normalized spacial score (nSPS) is 11.9. The molecule has 0 bridgehead atoms. The second-order valence-corrected chi connectivity index (χ2v) is 4.41. The van der Waals surface area contributed by atoms with Gasteiger partial charge in [-0.3, -0.25) is 0 Å². The number of aliphatic hydroxyl groups is 1. The smallest absolute Gasteiger partial charge is 0.338 e. The molecule has 2 N–H and O–H groups in total. The van der Waals surface area contributed by atoms with Gasteiger partial charge in [-0.25, -0.2) is 4.79 Å². The maximum Gasteiger partial charge on any atom is 0.338 e. The Morgan fingerprint density at radius 2 is 2.00 bits per heavy atom. The number of esters is 1. The van der Waals surface area contributed by atoms with Crippen molar-refractivity contribution in [2.75, 3.05) is 26.3 Å². The number of ether oxygens (including phenoxy) is 2. The topological polar surface area (TPSA) is 67.8 Å². The molecule has 0 aliphatic carbocycles. The average molecular weight is 281 g/mol. The Hall–Kier alpha value is -1.59. The van der Waals surface area contributed by atoms with Crippen molar-refractivity contribution in [3.05, 3.63) is 29.8 Å². The molecule has 112 valence electrons. The lowest BCUT2D eigenvalue weighted by molar-refractivity contribution is 0.0526. The molecule has 0 spiro atoms. The summed E-state index contributed by atoms with van der Waals surface area (Å²) < 4.78 is 10.3. The molecule has 1 unspecified atom stereocenters. The molecule has 5 nitrogen and oxygen atoms in total. The molecule has 0 radical (unpaired) electrons. The van der Waals surface area contributed by atoms with Gasteiger partial charge >= 0.3 is 5.97 Å². The van der Waals surface area contributed by atoms with Crippen molar-refractivity contribution in [3.63, 3.8) is 0 Å². The summed E-state index contributed by atoms with van der Waals surface area (Å²) in [4.78, 5) is 11.5. The van der Waals surface area contributed by atoms with Gasteiger partial charge in [0, 0.05) is 6.54 Å². The van der Waals surface area contributed by atoms with Gasteiger partial charge in [0.05, 0.1) is 12.2 Å². The summed E-state index contributed by atoms with van der Waals surface area (Å²) in [6.07, 6.45) is 0.481. The fourth-order valence-corrected chi connectivity index (χ4v) is 1.60. The Labute approximate surface area is 119 Å². The van der Waals surface area contributed by atoms with Gasteiger partial charge in [-0.1, -0.05) is 6.92 Å². The van der Waals surface area contributed by atoms with Gasteiger partial charge in [-0.05, 0) is 44.2 Å². The zero-order chi connectivity index (χ0) is 14.8. The predicted octanol–water partition coefficient (Wildman–Crippen LogP) is 1.60. The van der Waals surface area contributed by atoms with Crippen molar-refractivity contribution in [2.24, 2.45) is 0 Å². The highest BCUT2D eigenvalue weighted by atomic mass is 16.5. The van der Waals surface area contributed by atoms with E-state index in [1.165, 1.54) is 0 Å². The molecule has 1 aromatic carbocycles. The molecule has 20 heavy (non-hydrogen) atoms. The molecule has 0 aromatic heterocycles. The van der Waals surface area contributed by atoms with Gasteiger partial charge in [0.2, 0.25) is 0 Å². The van der Waals surface area contributed by atoms with Crippen LogP contribution in [0, 0.1) is 0 Å². The highest BCUT2D eigenvalue weighted by Crippen LogP contribution is 2.13. The minimum atomic E-state index is -0.550. The van der Waals surface area contributed by atoms with Crippen LogP contribution in [0.15, 0.2) is 24.3 Å². The van der Waals surface area contributed by atoms with Gasteiger partial charge in [-0.2, -0.15) is 0 Å². The first-order valence-corrected chi connectivity index (χ1v) is 6.96. The number of nitrogens with one attached hydrogen (secondary N) is 1. The van der Waals surface area contributed by atoms with Crippen LogP contribution >= 0.6 is 0 Å². The molecule has 1 rings (SSSR count). The molecule has 1 aromatic rings. The van der Waals surface area contributed by atoms with Gasteiger partial charge in [0.15, 0.2) is 0 Å². The van der Waals surface area contributed by atoms with E-state index in [-0.39, 0.29) is 12.6 Å². The summed E-state index contributed by atoms with van der Waals surface area (Å²) in [6, 6.07) is 6.68. The Morgan fingerprint density at radius 1 is 1.30 bits per heavy atom. The minimum Gasteiger partial charge on any atom is -0.491 e. The molecule has 0 saturated heterocycles. The lowest BCUT2D eigenvalue weighted by Gasteiger charge is -2.13. The zero-order valence-electron chi connectivity index (χ0n) is 12.1. The summed E-state index contributed by atoms with van der Waals surface area (Å²) in [5.41, 5.74) is 0.490. The first-order valence-electron chi connectivity index (χ1n) is 6.96. The maximum atomic E-state index is 11.5. The third kappa shape index (κ3) is 6.04. The van der Waals surface area contributed by atoms with Gasteiger partial charge in [0.1, 0.15) is 18.5 Å². The first-order chi connectivity index (χ1) is 9.67. The van der Waals surface area contributed by atoms with Crippen molar-refractivity contribution in [1.29, 1.82) is 0 Å². The molecule has 0 aliphatic rings. The zero-order valence-corrected chi connectivity index (χ0v) is 12.1. The monoisotopic (exact) mass is 281 g/mol. The van der Waals surface area contributed by atoms with E-state index in [2.05, 4.69) is 12.2 Å². The van der Waals surface area contributed by atoms with Crippen molar-refractivity contribution in [3.8, 4) is 5.75 Å². The number of carbonyl (C=O) groups is 1. The SMILES string of the molecule is CCCNCC(O)COc1ccc(C(=O)OCC)cc1. The van der Waals surface area contributed by atoms with E-state index in [9.17, 15) is 9.90 Å². The molecule has 0 aliphatic heterocycles. The van der Waals surface area contributed by atoms with Gasteiger partial charge in [-0.15, -0.1) is 0 Å². The highest BCUT2D eigenvalue weighted by molar-refractivity contribution is 5.89. The van der Waals surface area contributed by atoms with E-state index in [1.54, 1.807) is 31.2 Å². The number of rotatable bonds is 9. The quantitative estimate of drug-likeness (QED) is 0.531. The van der Waals surface area contributed by atoms with E-state index in [1.807, 2.05) is 0 Å². The molecule has 0 fully saturated rings. The molecule has 0 amide bonds. The van der Waals surface area contributed by atoms with E-state index in [0.29, 0.717) is 24.5 Å². The molecular weight excluding hydrogens is 258 g/mol. The van der Waals surface area contributed by atoms with Crippen molar-refractivity contribution in [1.82, 2.24) is 5.32 Å². The van der Waals surface area contributed by atoms with Crippen LogP contribution in [0.2, 0.25) is 0 Å². The second kappa shape index (κ2) is 9.34. The van der Waals surface area contributed by atoms with Crippen LogP contribution in [0.1, 0.15) is 30.6 Å². The fraction of sp³-hybridized carbons (Fsp3) is 0.533. The molecular formula is C15H23NO4. The molecule has 1 atom stereocenters. The Bertz CT molecular complexity index is 391. The summed E-state index contributed by atoms with van der Waals surface area (Å²) in [6.45, 7) is 5.80. The summed E-state index contributed by atoms with van der Waals surface area (Å²) in [5, 5.41) is 12.8. The fourth-order valence-electron chi connectivity index (χ4n) is 1.60. The highest BCUT2D eigenvalue weighted by Gasteiger charge is 2.07. The van der Waals surface area contributed by atoms with Gasteiger partial charge < -0.3 is 19.9 Å². The van der Waals surface area contributed by atoms with Crippen LogP contribution in [0.3, 0.4) is 0 Å². The van der Waals surface area contributed by atoms with Crippen LogP contribution in [-0.4, -0.2) is 43.5 Å². The van der Waals surface area contributed by atoms with E-state index < -0.39 is 6.10 Å². The van der Waals surface area contributed by atoms with E-state index in [0.717, 1.165) is 13.0 Å². The Kier molecular flexibility index (Phi) is 7.69. The number of hydrogen-bond acceptors (Lipinski definition) is 5. The third-order valence-corrected chi connectivity index (χ3v) is 2.61. The van der Waals surface area contributed by atoms with Crippen molar-refractivity contribution < 1.29 is 19.4 Å². The number of benzene rings is 1. The van der Waals surface area contributed by atoms with Crippen LogP contribution in [0.25, 0.3) is 0 Å². The minimum absolute atomic E-state index is 0.218. The second-order valence-electron chi connectivity index (χ2n) is 4.41. The first kappa shape index (κ1) is 16.5. The summed E-state index contributed by atoms with van der Waals surface area (Å²) >= 11 is 0. The average Bonchev–Trinajstić information content (AvgIpc) is 2.46. The number of carbonyl (C=O) groups excluding carboxylic acids is 1. The maximum absolute atomic E-state index is 11.5. The molecule has 5 heteroatoms. The third-order valence-electron chi connectivity index (χ3n) is 2.61. The van der Waals surface area contributed by atoms with E-state index >= 15 is 0 Å². The van der Waals surface area contributed by atoms with Gasteiger partial charge in [0.25, 0.3) is 0 Å². The van der Waals surface area contributed by atoms with Crippen LogP contribution in [-0.2, 0) is 4.74 Å². The predicted molar refractivity (Wildman–Crippen MR) is 77.1 cm³/mol. The van der Waals surface area contributed by atoms with Crippen LogP contribution < -0.4 is 10.1 Å². The largest absolute Gasteiger partial charge is 0.491 e. The Morgan fingerprint density at radius 3 is 2.60 bits per heavy atom. The number of hydrogen-bond donors (Lipinski definition) is 2. The number of aliphatic hydroxyl groups excluding tert-OH is 1. The molecule has 0 saturated carbocycles. The summed E-state index contributed by atoms with van der Waals surface area (Å²) in [5.74, 6) is 0.274. The van der Waals surface area contributed by atoms with E-state index in [4.69, 9.17) is 9.47 Å². The van der Waals surface area contributed by atoms with Crippen LogP contribution in [0.5, 0.6) is 5.75 Å². The van der Waals surface area contributed by atoms with Crippen LogP contribution in [0.4, 0.5) is 0 Å². The standard InChI is InChI=1S/C15H23NO4/c1-3-9-16-10-13(17)11-20-14-7-5-12(6-8-14)15(18)19-4-2/h5-8,13,16-17H,3-4,9-11H2,1-2H3. The van der Waals surface area contributed by atoms with Crippen molar-refractivity contribution in [2.45, 2.75) is 26.4 Å². The van der Waals surface area contributed by atoms with Crippen molar-refractivity contribution >= 4 is 5.97 Å². The summed E-state index contributed by atoms with van der Waals surface area (Å²) in [7, 11) is 0.